The van der Waals surface area contributed by atoms with Crippen molar-refractivity contribution < 1.29 is 22.7 Å². The Morgan fingerprint density at radius 2 is 1.81 bits per heavy atom. The second kappa shape index (κ2) is 11.0. The van der Waals surface area contributed by atoms with Crippen molar-refractivity contribution in [3.63, 3.8) is 0 Å². The molecule has 1 aliphatic rings. The molecular formula is C31H24F3N5O2S. The Hall–Kier alpha value is -4.64. The third-order valence-electron chi connectivity index (χ3n) is 6.82. The Morgan fingerprint density at radius 1 is 1.02 bits per heavy atom. The van der Waals surface area contributed by atoms with Crippen molar-refractivity contribution in [2.45, 2.75) is 26.1 Å². The second-order valence-electron chi connectivity index (χ2n) is 9.93. The molecule has 0 spiro atoms. The zero-order valence-electron chi connectivity index (χ0n) is 22.5. The number of para-hydroxylation sites is 1. The topological polar surface area (TPSA) is 72.1 Å². The minimum atomic E-state index is -4.74. The van der Waals surface area contributed by atoms with E-state index in [0.29, 0.717) is 16.6 Å². The van der Waals surface area contributed by atoms with Crippen LogP contribution in [0.3, 0.4) is 0 Å². The summed E-state index contributed by atoms with van der Waals surface area (Å²) in [6.07, 6.45) is -1.46. The summed E-state index contributed by atoms with van der Waals surface area (Å²) < 4.78 is 43.3. The number of aromatic nitrogens is 2. The number of rotatable bonds is 6. The van der Waals surface area contributed by atoms with E-state index in [9.17, 15) is 18.0 Å². The molecule has 1 saturated heterocycles. The highest BCUT2D eigenvalue weighted by molar-refractivity contribution is 8.15. The lowest BCUT2D eigenvalue weighted by atomic mass is 10.0. The van der Waals surface area contributed by atoms with Crippen LogP contribution in [0.5, 0.6) is 5.75 Å². The Kier molecular flexibility index (Phi) is 7.19. The third kappa shape index (κ3) is 5.47. The lowest BCUT2D eigenvalue weighted by molar-refractivity contribution is -0.274. The van der Waals surface area contributed by atoms with Gasteiger partial charge in [0, 0.05) is 11.1 Å². The van der Waals surface area contributed by atoms with E-state index < -0.39 is 6.36 Å². The molecule has 4 aromatic carbocycles. The molecule has 2 heterocycles. The van der Waals surface area contributed by atoms with Gasteiger partial charge in [0.05, 0.1) is 28.7 Å². The van der Waals surface area contributed by atoms with E-state index in [1.54, 1.807) is 34.1 Å². The average molecular weight is 588 g/mol. The summed E-state index contributed by atoms with van der Waals surface area (Å²) in [5, 5.41) is 11.1. The van der Waals surface area contributed by atoms with Gasteiger partial charge in [-0.15, -0.1) is 18.3 Å². The van der Waals surface area contributed by atoms with Crippen molar-refractivity contribution in [3.05, 3.63) is 96.3 Å². The molecule has 1 aliphatic heterocycles. The Balaban J connectivity index is 1.25. The number of amides is 1. The first kappa shape index (κ1) is 27.5. The van der Waals surface area contributed by atoms with E-state index >= 15 is 0 Å². The molecule has 7 nitrogen and oxygen atoms in total. The van der Waals surface area contributed by atoms with Gasteiger partial charge in [0.1, 0.15) is 12.1 Å². The maximum Gasteiger partial charge on any atom is 0.573 e. The molecule has 0 unspecified atom stereocenters. The molecular weight excluding hydrogens is 563 g/mol. The van der Waals surface area contributed by atoms with Gasteiger partial charge in [0.15, 0.2) is 5.17 Å². The van der Waals surface area contributed by atoms with Crippen LogP contribution in [-0.4, -0.2) is 39.0 Å². The fraction of sp³-hybridized carbons (Fsp3) is 0.161. The van der Waals surface area contributed by atoms with Gasteiger partial charge in [0.25, 0.3) is 0 Å². The van der Waals surface area contributed by atoms with Crippen LogP contribution in [0, 0.1) is 0 Å². The van der Waals surface area contributed by atoms with Crippen LogP contribution in [0.2, 0.25) is 0 Å². The van der Waals surface area contributed by atoms with Crippen molar-refractivity contribution in [2.75, 3.05) is 10.7 Å². The van der Waals surface area contributed by atoms with Crippen molar-refractivity contribution in [3.8, 4) is 11.4 Å². The number of imidazole rings is 1. The fourth-order valence-corrected chi connectivity index (χ4v) is 5.74. The molecule has 1 aromatic heterocycles. The molecule has 5 aromatic rings. The Bertz CT molecular complexity index is 1860. The number of ether oxygens (including phenoxy) is 1. The third-order valence-corrected chi connectivity index (χ3v) is 7.73. The van der Waals surface area contributed by atoms with Gasteiger partial charge in [-0.3, -0.25) is 14.3 Å². The van der Waals surface area contributed by atoms with Crippen LogP contribution >= 0.6 is 11.8 Å². The molecule has 1 fully saturated rings. The van der Waals surface area contributed by atoms with Crippen LogP contribution in [0.15, 0.2) is 95.4 Å². The number of amidine groups is 1. The van der Waals surface area contributed by atoms with E-state index in [-0.39, 0.29) is 17.6 Å². The number of hydrogen-bond acceptors (Lipinski definition) is 6. The lowest BCUT2D eigenvalue weighted by Gasteiger charge is -2.20. The molecule has 0 N–H and O–H groups in total. The molecule has 0 bridgehead atoms. The Labute approximate surface area is 243 Å². The molecule has 212 valence electrons. The van der Waals surface area contributed by atoms with Crippen LogP contribution in [0.4, 0.5) is 18.9 Å². The predicted octanol–water partition coefficient (Wildman–Crippen LogP) is 7.67. The monoisotopic (exact) mass is 587 g/mol. The van der Waals surface area contributed by atoms with Crippen molar-refractivity contribution in [2.24, 2.45) is 10.2 Å². The van der Waals surface area contributed by atoms with Crippen LogP contribution in [-0.2, 0) is 4.79 Å². The lowest BCUT2D eigenvalue weighted by Crippen LogP contribution is -2.30. The number of anilines is 1. The highest BCUT2D eigenvalue weighted by Crippen LogP contribution is 2.33. The number of hydrogen-bond donors (Lipinski definition) is 0. The number of fused-ring (bicyclic) bond motifs is 3. The number of thioether (sulfide) groups is 1. The van der Waals surface area contributed by atoms with E-state index in [1.165, 1.54) is 23.9 Å². The highest BCUT2D eigenvalue weighted by atomic mass is 32.2. The average Bonchev–Trinajstić information content (AvgIpc) is 3.56. The maximum atomic E-state index is 12.7. The van der Waals surface area contributed by atoms with Crippen LogP contribution in [0.1, 0.15) is 30.9 Å². The minimum Gasteiger partial charge on any atom is -0.406 e. The predicted molar refractivity (Wildman–Crippen MR) is 161 cm³/mol. The van der Waals surface area contributed by atoms with E-state index in [2.05, 4.69) is 33.8 Å². The van der Waals surface area contributed by atoms with Gasteiger partial charge in [-0.05, 0) is 64.9 Å². The van der Waals surface area contributed by atoms with Crippen molar-refractivity contribution >= 4 is 56.5 Å². The standard InChI is InChI=1S/C31H24F3N5O2S/c1-19(2)24-5-3-4-6-26(24)39-28(40)17-42-30(39)37-36-16-20-7-13-25-21(15-20)8-14-27-29(25)35-18-38(27)22-9-11-23(12-10-22)41-31(32,33)34/h3-16,18-19H,17H2,1-2H3/b36-16-,37-30+. The number of carbonyl (C=O) groups is 1. The maximum absolute atomic E-state index is 12.7. The van der Waals surface area contributed by atoms with Crippen molar-refractivity contribution in [1.82, 2.24) is 9.55 Å². The summed E-state index contributed by atoms with van der Waals surface area (Å²) in [4.78, 5) is 18.9. The molecule has 0 radical (unpaired) electrons. The van der Waals surface area contributed by atoms with Gasteiger partial charge >= 0.3 is 6.36 Å². The van der Waals surface area contributed by atoms with Gasteiger partial charge in [-0.1, -0.05) is 62.0 Å². The summed E-state index contributed by atoms with van der Waals surface area (Å²) >= 11 is 1.36. The van der Waals surface area contributed by atoms with Gasteiger partial charge in [-0.25, -0.2) is 4.98 Å². The first-order valence-electron chi connectivity index (χ1n) is 13.1. The second-order valence-corrected chi connectivity index (χ2v) is 10.9. The number of nitrogens with zero attached hydrogens (tertiary/aromatic N) is 5. The largest absolute Gasteiger partial charge is 0.573 e. The summed E-state index contributed by atoms with van der Waals surface area (Å²) in [6.45, 7) is 4.18. The molecule has 42 heavy (non-hydrogen) atoms. The quantitative estimate of drug-likeness (QED) is 0.151. The number of carbonyl (C=O) groups excluding carboxylic acids is 1. The Morgan fingerprint density at radius 3 is 2.57 bits per heavy atom. The number of halogens is 3. The highest BCUT2D eigenvalue weighted by Gasteiger charge is 2.32. The summed E-state index contributed by atoms with van der Waals surface area (Å²) in [6, 6.07) is 23.2. The van der Waals surface area contributed by atoms with Gasteiger partial charge in [-0.2, -0.15) is 5.10 Å². The minimum absolute atomic E-state index is 0.0261. The zero-order chi connectivity index (χ0) is 29.4. The smallest absolute Gasteiger partial charge is 0.406 e. The van der Waals surface area contributed by atoms with Gasteiger partial charge in [0.2, 0.25) is 5.91 Å². The summed E-state index contributed by atoms with van der Waals surface area (Å²) in [5.74, 6) is 0.247. The number of benzene rings is 4. The first-order chi connectivity index (χ1) is 20.2. The first-order valence-corrected chi connectivity index (χ1v) is 14.1. The molecule has 0 aliphatic carbocycles. The summed E-state index contributed by atoms with van der Waals surface area (Å²) in [7, 11) is 0. The fourth-order valence-electron chi connectivity index (χ4n) is 4.92. The molecule has 0 atom stereocenters. The number of alkyl halides is 3. The zero-order valence-corrected chi connectivity index (χ0v) is 23.4. The van der Waals surface area contributed by atoms with Crippen LogP contribution in [0.25, 0.3) is 27.5 Å². The van der Waals surface area contributed by atoms with E-state index in [4.69, 9.17) is 0 Å². The normalized spacial score (nSPS) is 15.2. The van der Waals surface area contributed by atoms with Crippen molar-refractivity contribution in [1.29, 1.82) is 0 Å². The molecule has 0 saturated carbocycles. The van der Waals surface area contributed by atoms with Crippen LogP contribution < -0.4 is 9.64 Å². The van der Waals surface area contributed by atoms with E-state index in [0.717, 1.165) is 38.6 Å². The molecule has 1 amide bonds. The van der Waals surface area contributed by atoms with E-state index in [1.807, 2.05) is 54.6 Å². The van der Waals surface area contributed by atoms with Gasteiger partial charge < -0.3 is 4.74 Å². The SMILES string of the molecule is CC(C)c1ccccc1N1C(=O)CS/C1=N/N=C\c1ccc2c(ccc3c2ncn3-c2ccc(OC(F)(F)F)cc2)c1. The summed E-state index contributed by atoms with van der Waals surface area (Å²) in [5.41, 5.74) is 4.95. The molecule has 6 rings (SSSR count). The molecule has 11 heteroatoms.